The third kappa shape index (κ3) is 4.07. The Morgan fingerprint density at radius 3 is 2.73 bits per heavy atom. The Morgan fingerprint density at radius 1 is 1.08 bits per heavy atom. The molecule has 3 rings (SSSR count). The number of rotatable bonds is 8. The zero-order valence-electron chi connectivity index (χ0n) is 15.7. The fourth-order valence-electron chi connectivity index (χ4n) is 3.13. The lowest BCUT2D eigenvalue weighted by atomic mass is 10.2. The highest BCUT2D eigenvalue weighted by Crippen LogP contribution is 2.28. The summed E-state index contributed by atoms with van der Waals surface area (Å²) in [6.07, 6.45) is 6.08. The number of nitrogens with zero attached hydrogens (tertiary/aromatic N) is 2. The molecule has 4 heteroatoms. The summed E-state index contributed by atoms with van der Waals surface area (Å²) in [4.78, 5) is 4.62. The van der Waals surface area contributed by atoms with Gasteiger partial charge >= 0.3 is 0 Å². The van der Waals surface area contributed by atoms with Crippen molar-refractivity contribution in [1.29, 1.82) is 0 Å². The number of benzene rings is 2. The number of unbranched alkanes of at least 4 members (excludes halogenated alkanes) is 1. The number of aromatic nitrogens is 2. The van der Waals surface area contributed by atoms with Gasteiger partial charge in [0.2, 0.25) is 0 Å². The van der Waals surface area contributed by atoms with Crippen LogP contribution in [0.15, 0.2) is 48.5 Å². The largest absolute Gasteiger partial charge is 0.493 e. The summed E-state index contributed by atoms with van der Waals surface area (Å²) in [6.45, 7) is 5.69. The van der Waals surface area contributed by atoms with Crippen LogP contribution < -0.4 is 9.47 Å². The summed E-state index contributed by atoms with van der Waals surface area (Å²) >= 11 is 0. The maximum atomic E-state index is 5.92. The zero-order chi connectivity index (χ0) is 18.4. The first-order valence-corrected chi connectivity index (χ1v) is 9.08. The minimum atomic E-state index is 0.672. The van der Waals surface area contributed by atoms with Crippen LogP contribution in [0.4, 0.5) is 0 Å². The molecule has 0 unspecified atom stereocenters. The molecule has 0 spiro atoms. The van der Waals surface area contributed by atoms with Crippen LogP contribution >= 0.6 is 0 Å². The van der Waals surface area contributed by atoms with Crippen molar-refractivity contribution in [2.24, 2.45) is 0 Å². The first-order chi connectivity index (χ1) is 12.7. The van der Waals surface area contributed by atoms with E-state index in [1.807, 2.05) is 43.3 Å². The molecule has 1 heterocycles. The monoisotopic (exact) mass is 350 g/mol. The lowest BCUT2D eigenvalue weighted by Gasteiger charge is -2.12. The summed E-state index contributed by atoms with van der Waals surface area (Å²) in [7, 11) is 1.68. The number of ether oxygens (including phenoxy) is 2. The van der Waals surface area contributed by atoms with Gasteiger partial charge in [-0.2, -0.15) is 0 Å². The molecule has 0 bridgehead atoms. The van der Waals surface area contributed by atoms with Crippen LogP contribution in [0.25, 0.3) is 17.1 Å². The number of para-hydroxylation sites is 2. The fraction of sp³-hybridized carbons (Fsp3) is 0.318. The summed E-state index contributed by atoms with van der Waals surface area (Å²) in [5, 5.41) is 0. The molecule has 0 aliphatic heterocycles. The Balaban J connectivity index is 1.53. The highest BCUT2D eigenvalue weighted by molar-refractivity contribution is 5.75. The predicted molar refractivity (Wildman–Crippen MR) is 107 cm³/mol. The molecular weight excluding hydrogens is 324 g/mol. The van der Waals surface area contributed by atoms with Crippen LogP contribution in [0.2, 0.25) is 0 Å². The van der Waals surface area contributed by atoms with Crippen molar-refractivity contribution in [3.05, 3.63) is 59.9 Å². The van der Waals surface area contributed by atoms with Gasteiger partial charge in [0.05, 0.1) is 24.8 Å². The molecule has 0 saturated carbocycles. The van der Waals surface area contributed by atoms with Crippen molar-refractivity contribution in [2.75, 3.05) is 13.7 Å². The Bertz CT molecular complexity index is 896. The number of hydrogen-bond acceptors (Lipinski definition) is 3. The van der Waals surface area contributed by atoms with Crippen molar-refractivity contribution in [2.45, 2.75) is 33.2 Å². The van der Waals surface area contributed by atoms with Gasteiger partial charge in [-0.15, -0.1) is 0 Å². The molecule has 0 aliphatic rings. The first kappa shape index (κ1) is 18.1. The van der Waals surface area contributed by atoms with E-state index in [4.69, 9.17) is 9.47 Å². The summed E-state index contributed by atoms with van der Waals surface area (Å²) in [6, 6.07) is 14.3. The van der Waals surface area contributed by atoms with Crippen molar-refractivity contribution >= 4 is 17.1 Å². The number of imidazole rings is 1. The molecule has 0 fully saturated rings. The number of allylic oxidation sites excluding steroid dienone is 1. The minimum absolute atomic E-state index is 0.672. The highest BCUT2D eigenvalue weighted by atomic mass is 16.5. The fourth-order valence-corrected chi connectivity index (χ4v) is 3.13. The molecule has 3 aromatic rings. The lowest BCUT2D eigenvalue weighted by Crippen LogP contribution is -2.04. The number of fused-ring (bicyclic) bond motifs is 1. The first-order valence-electron chi connectivity index (χ1n) is 9.08. The summed E-state index contributed by atoms with van der Waals surface area (Å²) in [5.41, 5.74) is 3.37. The van der Waals surface area contributed by atoms with E-state index in [9.17, 15) is 0 Å². The molecule has 0 radical (unpaired) electrons. The Labute approximate surface area is 155 Å². The highest BCUT2D eigenvalue weighted by Gasteiger charge is 2.07. The molecule has 0 N–H and O–H groups in total. The topological polar surface area (TPSA) is 36.3 Å². The Kier molecular flexibility index (Phi) is 5.95. The van der Waals surface area contributed by atoms with Gasteiger partial charge in [-0.1, -0.05) is 30.4 Å². The van der Waals surface area contributed by atoms with Gasteiger partial charge in [0.15, 0.2) is 11.5 Å². The van der Waals surface area contributed by atoms with Crippen molar-refractivity contribution in [3.8, 4) is 11.5 Å². The molecule has 2 aromatic carbocycles. The average Bonchev–Trinajstić information content (AvgIpc) is 2.98. The van der Waals surface area contributed by atoms with Crippen molar-refractivity contribution in [1.82, 2.24) is 9.55 Å². The van der Waals surface area contributed by atoms with Crippen molar-refractivity contribution < 1.29 is 9.47 Å². The van der Waals surface area contributed by atoms with Crippen LogP contribution in [-0.2, 0) is 6.54 Å². The molecule has 0 saturated heterocycles. The van der Waals surface area contributed by atoms with Gasteiger partial charge in [-0.3, -0.25) is 0 Å². The molecule has 1 aromatic heterocycles. The summed E-state index contributed by atoms with van der Waals surface area (Å²) < 4.78 is 13.6. The van der Waals surface area contributed by atoms with E-state index >= 15 is 0 Å². The van der Waals surface area contributed by atoms with Gasteiger partial charge in [0, 0.05) is 6.54 Å². The molecule has 4 nitrogen and oxygen atoms in total. The number of hydrogen-bond donors (Lipinski definition) is 0. The number of methoxy groups -OCH3 is 1. The van der Waals surface area contributed by atoms with Crippen LogP contribution in [-0.4, -0.2) is 23.3 Å². The molecule has 26 heavy (non-hydrogen) atoms. The zero-order valence-corrected chi connectivity index (χ0v) is 15.7. The third-order valence-electron chi connectivity index (χ3n) is 4.43. The van der Waals surface area contributed by atoms with E-state index < -0.39 is 0 Å². The maximum Gasteiger partial charge on any atom is 0.161 e. The van der Waals surface area contributed by atoms with Gasteiger partial charge in [0.1, 0.15) is 5.82 Å². The second-order valence-electron chi connectivity index (χ2n) is 6.27. The van der Waals surface area contributed by atoms with Crippen LogP contribution in [0.3, 0.4) is 0 Å². The molecule has 0 atom stereocenters. The lowest BCUT2D eigenvalue weighted by molar-refractivity contribution is 0.284. The van der Waals surface area contributed by atoms with Gasteiger partial charge in [-0.05, 0) is 56.5 Å². The average molecular weight is 350 g/mol. The van der Waals surface area contributed by atoms with Crippen LogP contribution in [0.5, 0.6) is 11.5 Å². The Morgan fingerprint density at radius 2 is 1.92 bits per heavy atom. The van der Waals surface area contributed by atoms with E-state index in [0.29, 0.717) is 6.61 Å². The Hall–Kier alpha value is -2.75. The predicted octanol–water partition coefficient (Wildman–Crippen LogP) is 5.25. The quantitative estimate of drug-likeness (QED) is 0.521. The normalized spacial score (nSPS) is 11.3. The number of aryl methyl sites for hydroxylation is 2. The van der Waals surface area contributed by atoms with E-state index in [2.05, 4.69) is 34.7 Å². The molecule has 136 valence electrons. The second-order valence-corrected chi connectivity index (χ2v) is 6.27. The van der Waals surface area contributed by atoms with E-state index in [1.165, 1.54) is 5.52 Å². The molecule has 0 aliphatic carbocycles. The second kappa shape index (κ2) is 8.56. The SMILES string of the molecule is C/C=C/c1ccc(OCCCCn2c(C)nc3ccccc32)c(OC)c1. The van der Waals surface area contributed by atoms with Crippen LogP contribution in [0.1, 0.15) is 31.2 Å². The summed E-state index contributed by atoms with van der Waals surface area (Å²) in [5.74, 6) is 2.63. The van der Waals surface area contributed by atoms with Gasteiger partial charge in [0.25, 0.3) is 0 Å². The van der Waals surface area contributed by atoms with Crippen molar-refractivity contribution in [3.63, 3.8) is 0 Å². The minimum Gasteiger partial charge on any atom is -0.493 e. The molecule has 0 amide bonds. The van der Waals surface area contributed by atoms with Gasteiger partial charge in [-0.25, -0.2) is 4.98 Å². The molecular formula is C22H26N2O2. The van der Waals surface area contributed by atoms with Crippen LogP contribution in [0, 0.1) is 6.92 Å². The van der Waals surface area contributed by atoms with E-state index in [0.717, 1.165) is 47.8 Å². The van der Waals surface area contributed by atoms with E-state index in [1.54, 1.807) is 7.11 Å². The maximum absolute atomic E-state index is 5.92. The standard InChI is InChI=1S/C22H26N2O2/c1-4-9-18-12-13-21(22(16-18)25-3)26-15-8-7-14-24-17(2)23-19-10-5-6-11-20(19)24/h4-6,9-13,16H,7-8,14-15H2,1-3H3/b9-4+. The van der Waals surface area contributed by atoms with E-state index in [-0.39, 0.29) is 0 Å². The smallest absolute Gasteiger partial charge is 0.161 e. The third-order valence-corrected chi connectivity index (χ3v) is 4.43. The van der Waals surface area contributed by atoms with Gasteiger partial charge < -0.3 is 14.0 Å².